The van der Waals surface area contributed by atoms with Crippen molar-refractivity contribution < 1.29 is 19.4 Å². The summed E-state index contributed by atoms with van der Waals surface area (Å²) in [4.78, 5) is 11.3. The fourth-order valence-electron chi connectivity index (χ4n) is 1.05. The van der Waals surface area contributed by atoms with Gasteiger partial charge in [0.1, 0.15) is 11.4 Å². The first-order chi connectivity index (χ1) is 7.37. The molecule has 0 saturated heterocycles. The van der Waals surface area contributed by atoms with E-state index in [-0.39, 0.29) is 12.4 Å². The summed E-state index contributed by atoms with van der Waals surface area (Å²) in [5, 5.41) is 10.8. The molecular formula is C12H15O4. The second kappa shape index (κ2) is 4.88. The van der Waals surface area contributed by atoms with Gasteiger partial charge in [-0.3, -0.25) is 5.11 Å². The number of carbonyl (C=O) groups excluding carboxylic acids is 1. The molecule has 4 nitrogen and oxygen atoms in total. The summed E-state index contributed by atoms with van der Waals surface area (Å²) >= 11 is 0. The zero-order chi connectivity index (χ0) is 12.2. The third-order valence-electron chi connectivity index (χ3n) is 1.60. The van der Waals surface area contributed by atoms with E-state index in [1.165, 1.54) is 24.3 Å². The number of hydrogen-bond donors (Lipinski definition) is 0. The molecule has 4 heteroatoms. The van der Waals surface area contributed by atoms with E-state index in [4.69, 9.17) is 9.47 Å². The zero-order valence-electron chi connectivity index (χ0n) is 9.65. The molecule has 0 heterocycles. The molecule has 0 aliphatic rings. The van der Waals surface area contributed by atoms with Gasteiger partial charge in [-0.2, -0.15) is 0 Å². The van der Waals surface area contributed by atoms with E-state index >= 15 is 0 Å². The Balaban J connectivity index is 2.40. The molecule has 0 saturated carbocycles. The molecule has 0 aliphatic heterocycles. The molecule has 1 aromatic carbocycles. The van der Waals surface area contributed by atoms with Crippen LogP contribution < -0.4 is 4.74 Å². The highest BCUT2D eigenvalue weighted by Crippen LogP contribution is 2.16. The van der Waals surface area contributed by atoms with E-state index in [2.05, 4.69) is 0 Å². The Kier molecular flexibility index (Phi) is 3.77. The maximum Gasteiger partial charge on any atom is 0.344 e. The van der Waals surface area contributed by atoms with Gasteiger partial charge < -0.3 is 9.47 Å². The van der Waals surface area contributed by atoms with Gasteiger partial charge in [0.2, 0.25) is 0 Å². The maximum atomic E-state index is 11.3. The van der Waals surface area contributed by atoms with Crippen LogP contribution in [0.4, 0.5) is 0 Å². The van der Waals surface area contributed by atoms with Crippen LogP contribution in [0.1, 0.15) is 20.8 Å². The van der Waals surface area contributed by atoms with Crippen LogP contribution in [0.15, 0.2) is 24.3 Å². The van der Waals surface area contributed by atoms with Gasteiger partial charge in [0.15, 0.2) is 12.4 Å². The summed E-state index contributed by atoms with van der Waals surface area (Å²) in [5.74, 6) is -0.0474. The minimum atomic E-state index is -0.515. The topological polar surface area (TPSA) is 55.4 Å². The van der Waals surface area contributed by atoms with Crippen molar-refractivity contribution in [3.05, 3.63) is 24.3 Å². The number of rotatable bonds is 3. The fourth-order valence-corrected chi connectivity index (χ4v) is 1.05. The predicted molar refractivity (Wildman–Crippen MR) is 57.9 cm³/mol. The Morgan fingerprint density at radius 1 is 1.19 bits per heavy atom. The second-order valence-corrected chi connectivity index (χ2v) is 4.35. The fraction of sp³-hybridized carbons (Fsp3) is 0.417. The Morgan fingerprint density at radius 2 is 1.75 bits per heavy atom. The molecule has 0 spiro atoms. The van der Waals surface area contributed by atoms with E-state index in [0.29, 0.717) is 5.75 Å². The van der Waals surface area contributed by atoms with Crippen LogP contribution in [0.2, 0.25) is 0 Å². The first kappa shape index (κ1) is 12.4. The Hall–Kier alpha value is -1.71. The van der Waals surface area contributed by atoms with Crippen LogP contribution >= 0.6 is 0 Å². The van der Waals surface area contributed by atoms with E-state index < -0.39 is 11.6 Å². The lowest BCUT2D eigenvalue weighted by molar-refractivity contribution is -0.157. The van der Waals surface area contributed by atoms with Crippen molar-refractivity contribution in [3.63, 3.8) is 0 Å². The van der Waals surface area contributed by atoms with Gasteiger partial charge in [0, 0.05) is 0 Å². The quantitative estimate of drug-likeness (QED) is 0.740. The first-order valence-corrected chi connectivity index (χ1v) is 4.98. The molecule has 1 radical (unpaired) electrons. The summed E-state index contributed by atoms with van der Waals surface area (Å²) in [6, 6.07) is 5.80. The highest BCUT2D eigenvalue weighted by Gasteiger charge is 2.16. The first-order valence-electron chi connectivity index (χ1n) is 4.98. The summed E-state index contributed by atoms with van der Waals surface area (Å²) in [6.45, 7) is 5.21. The third-order valence-corrected chi connectivity index (χ3v) is 1.60. The zero-order valence-corrected chi connectivity index (χ0v) is 9.65. The number of ether oxygens (including phenoxy) is 2. The normalized spacial score (nSPS) is 10.9. The van der Waals surface area contributed by atoms with Crippen LogP contribution in [-0.4, -0.2) is 18.2 Å². The third kappa shape index (κ3) is 4.68. The molecule has 0 bridgehead atoms. The summed E-state index contributed by atoms with van der Waals surface area (Å²) in [5.41, 5.74) is -0.515. The smallest absolute Gasteiger partial charge is 0.344 e. The number of carbonyl (C=O) groups is 1. The summed E-state index contributed by atoms with van der Waals surface area (Å²) in [6.07, 6.45) is 0. The summed E-state index contributed by atoms with van der Waals surface area (Å²) < 4.78 is 10.2. The molecule has 0 atom stereocenters. The van der Waals surface area contributed by atoms with Gasteiger partial charge in [-0.1, -0.05) is 0 Å². The molecule has 87 valence electrons. The van der Waals surface area contributed by atoms with Gasteiger partial charge in [0.25, 0.3) is 0 Å². The molecule has 0 aromatic heterocycles. The average Bonchev–Trinajstić information content (AvgIpc) is 2.14. The maximum absolute atomic E-state index is 11.3. The monoisotopic (exact) mass is 223 g/mol. The van der Waals surface area contributed by atoms with E-state index in [1.54, 1.807) is 20.8 Å². The minimum absolute atomic E-state index is 0.0929. The molecule has 1 aromatic rings. The van der Waals surface area contributed by atoms with Gasteiger partial charge in [-0.15, -0.1) is 0 Å². The van der Waals surface area contributed by atoms with Crippen LogP contribution in [0, 0.1) is 0 Å². The molecular weight excluding hydrogens is 208 g/mol. The second-order valence-electron chi connectivity index (χ2n) is 4.35. The van der Waals surface area contributed by atoms with Gasteiger partial charge in [-0.05, 0) is 45.0 Å². The number of benzene rings is 1. The molecule has 0 unspecified atom stereocenters. The molecule has 1 rings (SSSR count). The van der Waals surface area contributed by atoms with Crippen molar-refractivity contribution >= 4 is 5.97 Å². The van der Waals surface area contributed by atoms with E-state index in [9.17, 15) is 9.90 Å². The SMILES string of the molecule is CC(C)(C)OC(=O)COc1ccc([O])cc1. The lowest BCUT2D eigenvalue weighted by atomic mass is 10.2. The van der Waals surface area contributed by atoms with Gasteiger partial charge in [-0.25, -0.2) is 4.79 Å². The van der Waals surface area contributed by atoms with Crippen molar-refractivity contribution in [2.24, 2.45) is 0 Å². The van der Waals surface area contributed by atoms with Crippen molar-refractivity contribution in [3.8, 4) is 11.5 Å². The van der Waals surface area contributed by atoms with E-state index in [0.717, 1.165) is 0 Å². The minimum Gasteiger partial charge on any atom is -0.482 e. The standard InChI is InChI=1S/C12H15O4/c1-12(2,3)16-11(14)8-15-10-6-4-9(13)5-7-10/h4-7H,8H2,1-3H3. The van der Waals surface area contributed by atoms with Crippen molar-refractivity contribution in [1.82, 2.24) is 0 Å². The Labute approximate surface area is 94.8 Å². The Bertz CT molecular complexity index is 348. The average molecular weight is 223 g/mol. The van der Waals surface area contributed by atoms with Crippen LogP contribution in [0.25, 0.3) is 0 Å². The van der Waals surface area contributed by atoms with Crippen LogP contribution in [-0.2, 0) is 14.6 Å². The van der Waals surface area contributed by atoms with Gasteiger partial charge in [0.05, 0.1) is 0 Å². The largest absolute Gasteiger partial charge is 0.482 e. The highest BCUT2D eigenvalue weighted by atomic mass is 16.6. The van der Waals surface area contributed by atoms with Gasteiger partial charge >= 0.3 is 5.97 Å². The molecule has 0 amide bonds. The molecule has 0 N–H and O–H groups in total. The highest BCUT2D eigenvalue weighted by molar-refractivity contribution is 5.71. The predicted octanol–water partition coefficient (Wildman–Crippen LogP) is 2.55. The van der Waals surface area contributed by atoms with Crippen LogP contribution in [0.5, 0.6) is 11.5 Å². The molecule has 0 fully saturated rings. The van der Waals surface area contributed by atoms with Crippen molar-refractivity contribution in [2.45, 2.75) is 26.4 Å². The van der Waals surface area contributed by atoms with Crippen LogP contribution in [0.3, 0.4) is 0 Å². The number of esters is 1. The number of hydrogen-bond acceptors (Lipinski definition) is 3. The van der Waals surface area contributed by atoms with Crippen molar-refractivity contribution in [1.29, 1.82) is 0 Å². The lowest BCUT2D eigenvalue weighted by Crippen LogP contribution is -2.27. The van der Waals surface area contributed by atoms with Crippen molar-refractivity contribution in [2.75, 3.05) is 6.61 Å². The lowest BCUT2D eigenvalue weighted by Gasteiger charge is -2.19. The molecule has 16 heavy (non-hydrogen) atoms. The molecule has 0 aliphatic carbocycles. The van der Waals surface area contributed by atoms with E-state index in [1.807, 2.05) is 0 Å². The summed E-state index contributed by atoms with van der Waals surface area (Å²) in [7, 11) is 0. The Morgan fingerprint density at radius 3 is 2.25 bits per heavy atom.